The molecular weight excluding hydrogens is 400 g/mol. The molecule has 0 amide bonds. The molecule has 4 rings (SSSR count). The van der Waals surface area contributed by atoms with Crippen LogP contribution in [0, 0.1) is 46.3 Å². The molecule has 2 N–H and O–H groups in total. The van der Waals surface area contributed by atoms with E-state index in [0.29, 0.717) is 35.9 Å². The molecule has 3 saturated carbocycles. The summed E-state index contributed by atoms with van der Waals surface area (Å²) >= 11 is 0. The van der Waals surface area contributed by atoms with E-state index >= 15 is 0 Å². The number of allylic oxidation sites excluding steroid dienone is 1. The number of rotatable bonds is 7. The van der Waals surface area contributed by atoms with Gasteiger partial charge in [0.05, 0.1) is 6.10 Å². The van der Waals surface area contributed by atoms with Gasteiger partial charge in [0.25, 0.3) is 0 Å². The van der Waals surface area contributed by atoms with Gasteiger partial charge in [0.1, 0.15) is 0 Å². The Hall–Kier alpha value is -1.16. The van der Waals surface area contributed by atoms with Crippen molar-refractivity contribution in [2.45, 2.75) is 104 Å². The van der Waals surface area contributed by atoms with Crippen molar-refractivity contribution < 1.29 is 19.8 Å². The standard InChI is InChI=1S/C28H44O4/c1-17(14-25(31)32)6-5-7-18(2)21-8-9-22-26-23(11-13-28(21,22)4)27(3)12-10-20(29)15-19(27)16-24(26)30/h16-18,20-23,26,29H,5-15H2,1-4H3,(H,31,32)/t17?,18-,20+,21-,22+,23+,26+,27+,28-/m1/s1. The second kappa shape index (κ2) is 8.89. The summed E-state index contributed by atoms with van der Waals surface area (Å²) in [6.45, 7) is 9.31. The zero-order valence-electron chi connectivity index (χ0n) is 20.6. The van der Waals surface area contributed by atoms with Crippen molar-refractivity contribution >= 4 is 11.8 Å². The predicted molar refractivity (Wildman–Crippen MR) is 126 cm³/mol. The molecule has 180 valence electrons. The summed E-state index contributed by atoms with van der Waals surface area (Å²) in [5.41, 5.74) is 1.58. The van der Waals surface area contributed by atoms with Crippen LogP contribution in [0.1, 0.15) is 98.3 Å². The number of fused-ring (bicyclic) bond motifs is 5. The fourth-order valence-corrected chi connectivity index (χ4v) is 8.75. The van der Waals surface area contributed by atoms with Gasteiger partial charge in [-0.1, -0.05) is 52.5 Å². The number of carboxylic acid groups (broad SMARTS) is 1. The van der Waals surface area contributed by atoms with Crippen molar-refractivity contribution in [2.24, 2.45) is 46.3 Å². The number of aliphatic hydroxyl groups is 1. The number of aliphatic carboxylic acids is 1. The molecule has 4 aliphatic rings. The minimum absolute atomic E-state index is 0.100. The third-order valence-corrected chi connectivity index (χ3v) is 10.6. The summed E-state index contributed by atoms with van der Waals surface area (Å²) in [6, 6.07) is 0. The highest BCUT2D eigenvalue weighted by Crippen LogP contribution is 2.66. The molecule has 1 unspecified atom stereocenters. The van der Waals surface area contributed by atoms with Crippen LogP contribution in [0.25, 0.3) is 0 Å². The summed E-state index contributed by atoms with van der Waals surface area (Å²) in [5, 5.41) is 19.2. The molecule has 0 bridgehead atoms. The van der Waals surface area contributed by atoms with Crippen LogP contribution in [0.15, 0.2) is 11.6 Å². The summed E-state index contributed by atoms with van der Waals surface area (Å²) in [4.78, 5) is 24.4. The van der Waals surface area contributed by atoms with Gasteiger partial charge in [0, 0.05) is 12.3 Å². The minimum atomic E-state index is -0.691. The Morgan fingerprint density at radius 3 is 2.56 bits per heavy atom. The van der Waals surface area contributed by atoms with Crippen molar-refractivity contribution in [2.75, 3.05) is 0 Å². The molecule has 9 atom stereocenters. The molecule has 4 heteroatoms. The molecule has 0 aromatic heterocycles. The Labute approximate surface area is 194 Å². The first-order valence-corrected chi connectivity index (χ1v) is 13.2. The lowest BCUT2D eigenvalue weighted by atomic mass is 9.46. The first-order valence-electron chi connectivity index (χ1n) is 13.2. The van der Waals surface area contributed by atoms with Crippen LogP contribution in [0.2, 0.25) is 0 Å². The lowest BCUT2D eigenvalue weighted by Gasteiger charge is -2.57. The monoisotopic (exact) mass is 444 g/mol. The smallest absolute Gasteiger partial charge is 0.303 e. The number of carbonyl (C=O) groups is 2. The van der Waals surface area contributed by atoms with Crippen LogP contribution in [-0.2, 0) is 9.59 Å². The van der Waals surface area contributed by atoms with Gasteiger partial charge in [-0.05, 0) is 91.4 Å². The molecule has 32 heavy (non-hydrogen) atoms. The lowest BCUT2D eigenvalue weighted by Crippen LogP contribution is -2.53. The molecule has 0 aromatic carbocycles. The topological polar surface area (TPSA) is 74.6 Å². The average molecular weight is 445 g/mol. The molecule has 3 fully saturated rings. The lowest BCUT2D eigenvalue weighted by molar-refractivity contribution is -0.138. The summed E-state index contributed by atoms with van der Waals surface area (Å²) < 4.78 is 0. The van der Waals surface area contributed by atoms with E-state index in [1.807, 2.05) is 13.0 Å². The van der Waals surface area contributed by atoms with E-state index in [0.717, 1.165) is 32.1 Å². The largest absolute Gasteiger partial charge is 0.481 e. The summed E-state index contributed by atoms with van der Waals surface area (Å²) in [7, 11) is 0. The highest BCUT2D eigenvalue weighted by atomic mass is 16.4. The van der Waals surface area contributed by atoms with Crippen LogP contribution in [-0.4, -0.2) is 28.1 Å². The van der Waals surface area contributed by atoms with Gasteiger partial charge in [-0.15, -0.1) is 0 Å². The fraction of sp³-hybridized carbons (Fsp3) is 0.857. The highest BCUT2D eigenvalue weighted by molar-refractivity contribution is 5.94. The van der Waals surface area contributed by atoms with Crippen LogP contribution >= 0.6 is 0 Å². The third kappa shape index (κ3) is 4.10. The molecule has 4 aliphatic carbocycles. The summed E-state index contributed by atoms with van der Waals surface area (Å²) in [5.74, 6) is 2.32. The fourth-order valence-electron chi connectivity index (χ4n) is 8.75. The van der Waals surface area contributed by atoms with E-state index in [-0.39, 0.29) is 35.2 Å². The van der Waals surface area contributed by atoms with Crippen LogP contribution in [0.3, 0.4) is 0 Å². The maximum Gasteiger partial charge on any atom is 0.303 e. The van der Waals surface area contributed by atoms with Gasteiger partial charge < -0.3 is 10.2 Å². The Kier molecular flexibility index (Phi) is 6.66. The zero-order valence-corrected chi connectivity index (χ0v) is 20.6. The van der Waals surface area contributed by atoms with E-state index in [2.05, 4.69) is 20.8 Å². The molecule has 0 heterocycles. The van der Waals surface area contributed by atoms with E-state index in [1.165, 1.54) is 31.3 Å². The second-order valence-electron chi connectivity index (χ2n) is 12.5. The van der Waals surface area contributed by atoms with Gasteiger partial charge in [0.2, 0.25) is 0 Å². The molecule has 0 aliphatic heterocycles. The Morgan fingerprint density at radius 2 is 1.84 bits per heavy atom. The number of hydrogen-bond donors (Lipinski definition) is 2. The van der Waals surface area contributed by atoms with Gasteiger partial charge >= 0.3 is 5.97 Å². The highest BCUT2D eigenvalue weighted by Gasteiger charge is 2.61. The van der Waals surface area contributed by atoms with Crippen LogP contribution in [0.5, 0.6) is 0 Å². The third-order valence-electron chi connectivity index (χ3n) is 10.6. The van der Waals surface area contributed by atoms with Gasteiger partial charge in [0.15, 0.2) is 5.78 Å². The quantitative estimate of drug-likeness (QED) is 0.503. The molecule has 0 spiro atoms. The molecule has 0 aromatic rings. The second-order valence-corrected chi connectivity index (χ2v) is 12.5. The van der Waals surface area contributed by atoms with Crippen molar-refractivity contribution in [1.29, 1.82) is 0 Å². The molecule has 0 radical (unpaired) electrons. The maximum atomic E-state index is 13.4. The van der Waals surface area contributed by atoms with Gasteiger partial charge in [-0.25, -0.2) is 0 Å². The Morgan fingerprint density at radius 1 is 1.09 bits per heavy atom. The predicted octanol–water partition coefficient (Wildman–Crippen LogP) is 6.02. The van der Waals surface area contributed by atoms with Crippen molar-refractivity contribution in [1.82, 2.24) is 0 Å². The number of hydrogen-bond acceptors (Lipinski definition) is 3. The first-order chi connectivity index (χ1) is 15.1. The first kappa shape index (κ1) is 24.0. The number of carbonyl (C=O) groups excluding carboxylic acids is 1. The minimum Gasteiger partial charge on any atom is -0.481 e. The zero-order chi connectivity index (χ0) is 23.3. The van der Waals surface area contributed by atoms with E-state index in [9.17, 15) is 14.7 Å². The van der Waals surface area contributed by atoms with E-state index in [4.69, 9.17) is 5.11 Å². The average Bonchev–Trinajstić information content (AvgIpc) is 3.06. The normalized spacial score (nSPS) is 43.0. The van der Waals surface area contributed by atoms with Crippen molar-refractivity contribution in [3.63, 3.8) is 0 Å². The SMILES string of the molecule is CC(CCC[C@@H](C)[C@H]1CC[C@H]2[C@@H]3C(=O)C=C4C[C@@H](O)CC[C@]4(C)[C@H]3CC[C@]12C)CC(=O)O. The Balaban J connectivity index is 1.45. The van der Waals surface area contributed by atoms with Crippen LogP contribution < -0.4 is 0 Å². The molecular formula is C28H44O4. The molecule has 0 saturated heterocycles. The maximum absolute atomic E-state index is 13.4. The van der Waals surface area contributed by atoms with Gasteiger partial charge in [-0.2, -0.15) is 0 Å². The number of carboxylic acids is 1. The summed E-state index contributed by atoms with van der Waals surface area (Å²) in [6.07, 6.45) is 12.6. The molecule has 4 nitrogen and oxygen atoms in total. The van der Waals surface area contributed by atoms with Crippen molar-refractivity contribution in [3.05, 3.63) is 11.6 Å². The van der Waals surface area contributed by atoms with Crippen LogP contribution in [0.4, 0.5) is 0 Å². The van der Waals surface area contributed by atoms with E-state index < -0.39 is 5.97 Å². The number of ketones is 1. The van der Waals surface area contributed by atoms with Crippen molar-refractivity contribution in [3.8, 4) is 0 Å². The van der Waals surface area contributed by atoms with Gasteiger partial charge in [-0.3, -0.25) is 9.59 Å². The van der Waals surface area contributed by atoms with E-state index in [1.54, 1.807) is 0 Å². The number of aliphatic hydroxyl groups excluding tert-OH is 1. The Bertz CT molecular complexity index is 771.